The van der Waals surface area contributed by atoms with Crippen molar-refractivity contribution in [3.63, 3.8) is 0 Å². The van der Waals surface area contributed by atoms with Crippen molar-refractivity contribution in [2.45, 2.75) is 52.6 Å². The second-order valence-electron chi connectivity index (χ2n) is 7.05. The summed E-state index contributed by atoms with van der Waals surface area (Å²) >= 11 is 1.90. The predicted molar refractivity (Wildman–Crippen MR) is 124 cm³/mol. The molecule has 1 aromatic carbocycles. The van der Waals surface area contributed by atoms with E-state index in [1.807, 2.05) is 30.8 Å². The monoisotopic (exact) mass is 455 g/mol. The molecule has 0 aliphatic carbocycles. The first kappa shape index (κ1) is 27.1. The van der Waals surface area contributed by atoms with Crippen molar-refractivity contribution in [1.29, 1.82) is 0 Å². The Morgan fingerprint density at radius 1 is 1.03 bits per heavy atom. The number of carbonyl (C=O) groups is 2. The van der Waals surface area contributed by atoms with E-state index in [2.05, 4.69) is 6.92 Å². The van der Waals surface area contributed by atoms with E-state index < -0.39 is 12.1 Å². The van der Waals surface area contributed by atoms with E-state index >= 15 is 0 Å². The maximum Gasteiger partial charge on any atom is 0.409 e. The van der Waals surface area contributed by atoms with Gasteiger partial charge in [-0.05, 0) is 55.4 Å². The third kappa shape index (κ3) is 11.9. The van der Waals surface area contributed by atoms with Gasteiger partial charge >= 0.3 is 12.1 Å². The molecule has 1 N–H and O–H groups in total. The van der Waals surface area contributed by atoms with Gasteiger partial charge in [-0.1, -0.05) is 26.0 Å². The average molecular weight is 456 g/mol. The lowest BCUT2D eigenvalue weighted by Gasteiger charge is -2.22. The van der Waals surface area contributed by atoms with Crippen LogP contribution in [0.25, 0.3) is 0 Å². The zero-order chi connectivity index (χ0) is 22.9. The highest BCUT2D eigenvalue weighted by Gasteiger charge is 2.18. The Balaban J connectivity index is 2.51. The molecule has 8 heteroatoms. The van der Waals surface area contributed by atoms with Gasteiger partial charge in [0.15, 0.2) is 6.10 Å². The Morgan fingerprint density at radius 2 is 1.77 bits per heavy atom. The first-order chi connectivity index (χ1) is 15.0. The SMILES string of the molecule is CCCOC(=O)N(CCCSCCC)CCOc1ccc(CC(OCC)C(=O)O)cc1. The second kappa shape index (κ2) is 16.7. The van der Waals surface area contributed by atoms with E-state index in [1.54, 1.807) is 24.0 Å². The van der Waals surface area contributed by atoms with Gasteiger partial charge in [-0.3, -0.25) is 0 Å². The van der Waals surface area contributed by atoms with Crippen LogP contribution in [0, 0.1) is 0 Å². The molecule has 0 fully saturated rings. The molecule has 1 amide bonds. The van der Waals surface area contributed by atoms with Crippen molar-refractivity contribution in [2.24, 2.45) is 0 Å². The molecule has 1 rings (SSSR count). The van der Waals surface area contributed by atoms with Gasteiger partial charge in [0.05, 0.1) is 13.2 Å². The van der Waals surface area contributed by atoms with Crippen LogP contribution in [-0.4, -0.2) is 72.6 Å². The summed E-state index contributed by atoms with van der Waals surface area (Å²) in [5.41, 5.74) is 0.863. The van der Waals surface area contributed by atoms with E-state index in [4.69, 9.17) is 14.2 Å². The van der Waals surface area contributed by atoms with Gasteiger partial charge in [0, 0.05) is 19.6 Å². The molecule has 0 heterocycles. The Bertz CT molecular complexity index is 625. The molecule has 0 aliphatic rings. The van der Waals surface area contributed by atoms with Crippen LogP contribution in [0.3, 0.4) is 0 Å². The summed E-state index contributed by atoms with van der Waals surface area (Å²) in [6, 6.07) is 7.29. The van der Waals surface area contributed by atoms with Gasteiger partial charge in [-0.2, -0.15) is 11.8 Å². The summed E-state index contributed by atoms with van der Waals surface area (Å²) in [5, 5.41) is 9.20. The number of amides is 1. The minimum Gasteiger partial charge on any atom is -0.492 e. The van der Waals surface area contributed by atoms with Crippen molar-refractivity contribution in [1.82, 2.24) is 4.90 Å². The molecule has 0 radical (unpaired) electrons. The molecule has 0 saturated carbocycles. The van der Waals surface area contributed by atoms with Gasteiger partial charge < -0.3 is 24.2 Å². The van der Waals surface area contributed by atoms with Crippen LogP contribution in [0.5, 0.6) is 5.75 Å². The second-order valence-corrected chi connectivity index (χ2v) is 8.27. The number of hydrogen-bond acceptors (Lipinski definition) is 6. The smallest absolute Gasteiger partial charge is 0.409 e. The molecule has 176 valence electrons. The van der Waals surface area contributed by atoms with Gasteiger partial charge in [0.2, 0.25) is 0 Å². The molecule has 0 saturated heterocycles. The summed E-state index contributed by atoms with van der Waals surface area (Å²) in [6.45, 7) is 8.14. The van der Waals surface area contributed by atoms with Gasteiger partial charge in [-0.25, -0.2) is 9.59 Å². The summed E-state index contributed by atoms with van der Waals surface area (Å²) in [4.78, 5) is 25.2. The number of rotatable bonds is 17. The number of nitrogens with zero attached hydrogens (tertiary/aromatic N) is 1. The number of carbonyl (C=O) groups excluding carboxylic acids is 1. The number of ether oxygens (including phenoxy) is 3. The molecule has 31 heavy (non-hydrogen) atoms. The number of carboxylic acid groups (broad SMARTS) is 1. The maximum absolute atomic E-state index is 12.3. The molecule has 0 aromatic heterocycles. The molecule has 7 nitrogen and oxygen atoms in total. The van der Waals surface area contributed by atoms with Crippen LogP contribution in [0.1, 0.15) is 45.6 Å². The van der Waals surface area contributed by atoms with Gasteiger partial charge in [0.25, 0.3) is 0 Å². The van der Waals surface area contributed by atoms with Crippen molar-refractivity contribution >= 4 is 23.8 Å². The first-order valence-electron chi connectivity index (χ1n) is 11.1. The van der Waals surface area contributed by atoms with E-state index in [9.17, 15) is 14.7 Å². The number of benzene rings is 1. The quantitative estimate of drug-likeness (QED) is 0.347. The minimum absolute atomic E-state index is 0.295. The minimum atomic E-state index is -0.967. The van der Waals surface area contributed by atoms with Crippen LogP contribution in [0.15, 0.2) is 24.3 Å². The van der Waals surface area contributed by atoms with Crippen LogP contribution in [0.4, 0.5) is 4.79 Å². The highest BCUT2D eigenvalue weighted by molar-refractivity contribution is 7.99. The topological polar surface area (TPSA) is 85.3 Å². The van der Waals surface area contributed by atoms with E-state index in [-0.39, 0.29) is 6.09 Å². The molecule has 0 aliphatic heterocycles. The van der Waals surface area contributed by atoms with Crippen molar-refractivity contribution in [3.8, 4) is 5.75 Å². The highest BCUT2D eigenvalue weighted by Crippen LogP contribution is 2.15. The summed E-state index contributed by atoms with van der Waals surface area (Å²) < 4.78 is 16.3. The van der Waals surface area contributed by atoms with Crippen LogP contribution in [-0.2, 0) is 20.7 Å². The lowest BCUT2D eigenvalue weighted by atomic mass is 10.1. The first-order valence-corrected chi connectivity index (χ1v) is 12.2. The maximum atomic E-state index is 12.3. The fourth-order valence-corrected chi connectivity index (χ4v) is 3.63. The molecule has 1 atom stereocenters. The van der Waals surface area contributed by atoms with Crippen LogP contribution in [0.2, 0.25) is 0 Å². The Morgan fingerprint density at radius 3 is 2.39 bits per heavy atom. The molecule has 1 unspecified atom stereocenters. The van der Waals surface area contributed by atoms with Crippen molar-refractivity contribution in [2.75, 3.05) is 44.4 Å². The Labute approximate surface area is 190 Å². The molecule has 1 aromatic rings. The molecular formula is C23H37NO6S. The summed E-state index contributed by atoms with van der Waals surface area (Å²) in [7, 11) is 0. The number of carboxylic acids is 1. The van der Waals surface area contributed by atoms with Crippen LogP contribution < -0.4 is 4.74 Å². The third-order valence-electron chi connectivity index (χ3n) is 4.37. The average Bonchev–Trinajstić information content (AvgIpc) is 2.76. The number of thioether (sulfide) groups is 1. The highest BCUT2D eigenvalue weighted by atomic mass is 32.2. The lowest BCUT2D eigenvalue weighted by Crippen LogP contribution is -2.36. The van der Waals surface area contributed by atoms with Gasteiger partial charge in [-0.15, -0.1) is 0 Å². The standard InChI is InChI=1S/C23H37NO6S/c1-4-14-30-23(27)24(12-7-17-31-16-5-2)13-15-29-20-10-8-19(9-11-20)18-21(22(25)26)28-6-3/h8-11,21H,4-7,12-18H2,1-3H3,(H,25,26). The molecule has 0 bridgehead atoms. The Hall–Kier alpha value is -1.93. The number of aliphatic carboxylic acids is 1. The Kier molecular flexibility index (Phi) is 14.6. The molecular weight excluding hydrogens is 418 g/mol. The largest absolute Gasteiger partial charge is 0.492 e. The summed E-state index contributed by atoms with van der Waals surface area (Å²) in [6.07, 6.45) is 2.02. The summed E-state index contributed by atoms with van der Waals surface area (Å²) in [5.74, 6) is 1.86. The normalized spacial score (nSPS) is 11.7. The van der Waals surface area contributed by atoms with E-state index in [0.29, 0.717) is 45.1 Å². The fraction of sp³-hybridized carbons (Fsp3) is 0.652. The zero-order valence-corrected chi connectivity index (χ0v) is 19.8. The zero-order valence-electron chi connectivity index (χ0n) is 19.0. The van der Waals surface area contributed by atoms with Crippen LogP contribution >= 0.6 is 11.8 Å². The molecule has 0 spiro atoms. The fourth-order valence-electron chi connectivity index (χ4n) is 2.81. The number of hydrogen-bond donors (Lipinski definition) is 1. The third-order valence-corrected chi connectivity index (χ3v) is 5.64. The van der Waals surface area contributed by atoms with Crippen molar-refractivity contribution < 1.29 is 28.9 Å². The predicted octanol–water partition coefficient (Wildman–Crippen LogP) is 4.48. The lowest BCUT2D eigenvalue weighted by molar-refractivity contribution is -0.149. The van der Waals surface area contributed by atoms with E-state index in [0.717, 1.165) is 36.3 Å². The van der Waals surface area contributed by atoms with E-state index in [1.165, 1.54) is 0 Å². The van der Waals surface area contributed by atoms with Crippen molar-refractivity contribution in [3.05, 3.63) is 29.8 Å². The van der Waals surface area contributed by atoms with Gasteiger partial charge in [0.1, 0.15) is 12.4 Å².